The van der Waals surface area contributed by atoms with Gasteiger partial charge >= 0.3 is 0 Å². The van der Waals surface area contributed by atoms with Gasteiger partial charge < -0.3 is 0 Å². The summed E-state index contributed by atoms with van der Waals surface area (Å²) in [6, 6.07) is 3.53. The highest BCUT2D eigenvalue weighted by Gasteiger charge is 2.18. The number of hydrogen-bond acceptors (Lipinski definition) is 3. The molecule has 0 N–H and O–H groups in total. The fourth-order valence-corrected chi connectivity index (χ4v) is 2.90. The molecule has 0 radical (unpaired) electrons. The molecule has 0 saturated carbocycles. The molecule has 0 aliphatic heterocycles. The zero-order valence-electron chi connectivity index (χ0n) is 6.46. The topological polar surface area (TPSA) is 57.9 Å². The van der Waals surface area contributed by atoms with Crippen LogP contribution >= 0.6 is 26.6 Å². The Balaban J connectivity index is 3.61. The van der Waals surface area contributed by atoms with Crippen molar-refractivity contribution < 1.29 is 12.8 Å². The number of halogens is 3. The largest absolute Gasteiger partial charge is 0.262 e. The fraction of sp³-hybridized carbons (Fsp3) is 0. The Labute approximate surface area is 92.7 Å². The third-order valence-electron chi connectivity index (χ3n) is 1.39. The number of benzene rings is 1. The van der Waals surface area contributed by atoms with Gasteiger partial charge in [-0.05, 0) is 28.1 Å². The molecule has 0 aliphatic rings. The Kier molecular flexibility index (Phi) is 3.14. The van der Waals surface area contributed by atoms with Crippen molar-refractivity contribution in [3.63, 3.8) is 0 Å². The van der Waals surface area contributed by atoms with E-state index in [1.807, 2.05) is 0 Å². The van der Waals surface area contributed by atoms with Crippen LogP contribution in [0.4, 0.5) is 4.39 Å². The van der Waals surface area contributed by atoms with Gasteiger partial charge in [-0.3, -0.25) is 0 Å². The van der Waals surface area contributed by atoms with Gasteiger partial charge in [0.1, 0.15) is 10.7 Å². The van der Waals surface area contributed by atoms with Crippen LogP contribution in [0.3, 0.4) is 0 Å². The maximum absolute atomic E-state index is 13.0. The van der Waals surface area contributed by atoms with Crippen molar-refractivity contribution >= 4 is 35.7 Å². The van der Waals surface area contributed by atoms with E-state index in [9.17, 15) is 12.8 Å². The van der Waals surface area contributed by atoms with Crippen LogP contribution in [0.15, 0.2) is 21.5 Å². The first-order valence-corrected chi connectivity index (χ1v) is 6.30. The Hall–Kier alpha value is -0.640. The number of nitriles is 1. The molecule has 7 heteroatoms. The molecule has 0 unspecified atom stereocenters. The first-order valence-electron chi connectivity index (χ1n) is 3.20. The molecule has 0 aliphatic carbocycles. The normalized spacial score (nSPS) is 11.0. The summed E-state index contributed by atoms with van der Waals surface area (Å²) in [5, 5.41) is 8.47. The lowest BCUT2D eigenvalue weighted by molar-refractivity contribution is 0.598. The standard InChI is InChI=1S/C7H2BrClFNO2S/c8-7-5(10)1-4(3-11)2-6(7)14(9,12)13/h1-2H. The molecular weight excluding hydrogens is 297 g/mol. The summed E-state index contributed by atoms with van der Waals surface area (Å²) in [7, 11) is 0.977. The van der Waals surface area contributed by atoms with Gasteiger partial charge in [0.05, 0.1) is 16.1 Å². The van der Waals surface area contributed by atoms with E-state index in [2.05, 4.69) is 15.9 Å². The lowest BCUT2D eigenvalue weighted by atomic mass is 10.2. The van der Waals surface area contributed by atoms with Crippen LogP contribution in [0.5, 0.6) is 0 Å². The molecule has 14 heavy (non-hydrogen) atoms. The van der Waals surface area contributed by atoms with E-state index >= 15 is 0 Å². The van der Waals surface area contributed by atoms with Crippen molar-refractivity contribution in [3.05, 3.63) is 28.0 Å². The fourth-order valence-electron chi connectivity index (χ4n) is 0.806. The van der Waals surface area contributed by atoms with Crippen molar-refractivity contribution in [1.29, 1.82) is 5.26 Å². The predicted molar refractivity (Wildman–Crippen MR) is 51.9 cm³/mol. The van der Waals surface area contributed by atoms with Crippen molar-refractivity contribution in [2.45, 2.75) is 4.90 Å². The van der Waals surface area contributed by atoms with Crippen molar-refractivity contribution in [1.82, 2.24) is 0 Å². The summed E-state index contributed by atoms with van der Waals surface area (Å²) in [6.07, 6.45) is 0. The van der Waals surface area contributed by atoms with E-state index in [0.29, 0.717) is 0 Å². The average Bonchev–Trinajstić information content (AvgIpc) is 2.07. The molecule has 0 spiro atoms. The minimum Gasteiger partial charge on any atom is -0.207 e. The summed E-state index contributed by atoms with van der Waals surface area (Å²) in [5.41, 5.74) is -0.107. The molecule has 74 valence electrons. The second-order valence-corrected chi connectivity index (χ2v) is 5.65. The van der Waals surface area contributed by atoms with E-state index < -0.39 is 19.8 Å². The van der Waals surface area contributed by atoms with Gasteiger partial charge in [0, 0.05) is 10.7 Å². The predicted octanol–water partition coefficient (Wildman–Crippen LogP) is 2.39. The minimum absolute atomic E-state index is 0.107. The van der Waals surface area contributed by atoms with E-state index in [1.165, 1.54) is 0 Å². The average molecular weight is 299 g/mol. The zero-order chi connectivity index (χ0) is 10.9. The molecule has 0 heterocycles. The maximum Gasteiger partial charge on any atom is 0.262 e. The van der Waals surface area contributed by atoms with Gasteiger partial charge in [-0.2, -0.15) is 5.26 Å². The van der Waals surface area contributed by atoms with Crippen LogP contribution in [-0.2, 0) is 9.05 Å². The maximum atomic E-state index is 13.0. The molecule has 0 aromatic heterocycles. The summed E-state index contributed by atoms with van der Waals surface area (Å²) in [6.45, 7) is 0. The highest BCUT2D eigenvalue weighted by molar-refractivity contribution is 9.10. The molecule has 0 atom stereocenters. The van der Waals surface area contributed by atoms with Crippen molar-refractivity contribution in [2.75, 3.05) is 0 Å². The van der Waals surface area contributed by atoms with Crippen molar-refractivity contribution in [2.24, 2.45) is 0 Å². The number of nitrogens with zero attached hydrogens (tertiary/aromatic N) is 1. The van der Waals surface area contributed by atoms with Crippen LogP contribution in [0.2, 0.25) is 0 Å². The first kappa shape index (κ1) is 11.4. The molecule has 1 rings (SSSR count). The smallest absolute Gasteiger partial charge is 0.207 e. The van der Waals surface area contributed by atoms with E-state index in [0.717, 1.165) is 12.1 Å². The second-order valence-electron chi connectivity index (χ2n) is 2.32. The molecule has 1 aromatic carbocycles. The quantitative estimate of drug-likeness (QED) is 0.748. The van der Waals surface area contributed by atoms with Crippen LogP contribution in [0, 0.1) is 17.1 Å². The van der Waals surface area contributed by atoms with Gasteiger partial charge in [0.2, 0.25) is 0 Å². The molecule has 1 aromatic rings. The molecular formula is C7H2BrClFNO2S. The van der Waals surface area contributed by atoms with Crippen LogP contribution < -0.4 is 0 Å². The first-order chi connectivity index (χ1) is 6.36. The second kappa shape index (κ2) is 3.85. The lowest BCUT2D eigenvalue weighted by Crippen LogP contribution is -1.96. The summed E-state index contributed by atoms with van der Waals surface area (Å²) < 4.78 is 34.6. The zero-order valence-corrected chi connectivity index (χ0v) is 9.62. The van der Waals surface area contributed by atoms with Gasteiger partial charge in [0.25, 0.3) is 9.05 Å². The summed E-state index contributed by atoms with van der Waals surface area (Å²) >= 11 is 2.73. The molecule has 0 fully saturated rings. The van der Waals surface area contributed by atoms with Gasteiger partial charge in [-0.15, -0.1) is 0 Å². The molecule has 0 amide bonds. The Bertz CT molecular complexity index is 523. The molecule has 0 bridgehead atoms. The van der Waals surface area contributed by atoms with E-state index in [1.54, 1.807) is 6.07 Å². The summed E-state index contributed by atoms with van der Waals surface area (Å²) in [4.78, 5) is -0.448. The Morgan fingerprint density at radius 1 is 1.50 bits per heavy atom. The minimum atomic E-state index is -4.05. The Morgan fingerprint density at radius 2 is 2.07 bits per heavy atom. The van der Waals surface area contributed by atoms with Crippen molar-refractivity contribution in [3.8, 4) is 6.07 Å². The van der Waals surface area contributed by atoms with Crippen LogP contribution in [0.25, 0.3) is 0 Å². The number of rotatable bonds is 1. The SMILES string of the molecule is N#Cc1cc(F)c(Br)c(S(=O)(=O)Cl)c1. The van der Waals surface area contributed by atoms with Gasteiger partial charge in [0.15, 0.2) is 0 Å². The van der Waals surface area contributed by atoms with E-state index in [-0.39, 0.29) is 10.0 Å². The van der Waals surface area contributed by atoms with Gasteiger partial charge in [-0.1, -0.05) is 0 Å². The van der Waals surface area contributed by atoms with Crippen LogP contribution in [-0.4, -0.2) is 8.42 Å². The summed E-state index contributed by atoms with van der Waals surface area (Å²) in [5.74, 6) is -0.844. The highest BCUT2D eigenvalue weighted by atomic mass is 79.9. The molecule has 3 nitrogen and oxygen atoms in total. The third-order valence-corrected chi connectivity index (χ3v) is 3.80. The third kappa shape index (κ3) is 2.23. The molecule has 0 saturated heterocycles. The highest BCUT2D eigenvalue weighted by Crippen LogP contribution is 2.28. The van der Waals surface area contributed by atoms with E-state index in [4.69, 9.17) is 15.9 Å². The Morgan fingerprint density at radius 3 is 2.50 bits per heavy atom. The van der Waals surface area contributed by atoms with Gasteiger partial charge in [-0.25, -0.2) is 12.8 Å². The van der Waals surface area contributed by atoms with Crippen LogP contribution in [0.1, 0.15) is 5.56 Å². The number of hydrogen-bond donors (Lipinski definition) is 0. The lowest BCUT2D eigenvalue weighted by Gasteiger charge is -2.01. The monoisotopic (exact) mass is 297 g/mol.